The Morgan fingerprint density at radius 1 is 1.14 bits per heavy atom. The molecule has 1 aliphatic rings. The summed E-state index contributed by atoms with van der Waals surface area (Å²) in [6, 6.07) is 5.38. The predicted molar refractivity (Wildman–Crippen MR) is 75.9 cm³/mol. The monoisotopic (exact) mass is 297 g/mol. The summed E-state index contributed by atoms with van der Waals surface area (Å²) in [5.41, 5.74) is 0.829. The number of hydrogen-bond donors (Lipinski definition) is 4. The van der Waals surface area contributed by atoms with E-state index in [1.54, 1.807) is 29.2 Å². The van der Waals surface area contributed by atoms with Crippen LogP contribution in [0.1, 0.15) is 5.56 Å². The van der Waals surface area contributed by atoms with Crippen molar-refractivity contribution in [3.05, 3.63) is 41.7 Å². The van der Waals surface area contributed by atoms with Crippen molar-refractivity contribution in [3.63, 3.8) is 0 Å². The number of nitrogens with zero attached hydrogens (tertiary/aromatic N) is 1. The summed E-state index contributed by atoms with van der Waals surface area (Å²) >= 11 is 0. The first-order valence-electron chi connectivity index (χ1n) is 6.84. The number of hydrogen-bond acceptors (Lipinski definition) is 5. The van der Waals surface area contributed by atoms with Crippen LogP contribution in [-0.2, 0) is 0 Å². The molecule has 0 aliphatic carbocycles. The van der Waals surface area contributed by atoms with E-state index >= 15 is 0 Å². The topological polar surface area (TPSA) is 84.2 Å². The third-order valence-electron chi connectivity index (χ3n) is 3.74. The largest absolute Gasteiger partial charge is 0.395 e. The van der Waals surface area contributed by atoms with Crippen LogP contribution in [0.4, 0.5) is 4.39 Å². The summed E-state index contributed by atoms with van der Waals surface area (Å²) in [7, 11) is 0. The molecule has 4 N–H and O–H groups in total. The van der Waals surface area contributed by atoms with Crippen molar-refractivity contribution in [1.82, 2.24) is 4.90 Å². The van der Waals surface area contributed by atoms with Gasteiger partial charge in [0.2, 0.25) is 0 Å². The minimum Gasteiger partial charge on any atom is -0.395 e. The van der Waals surface area contributed by atoms with Crippen molar-refractivity contribution in [2.45, 2.75) is 24.4 Å². The van der Waals surface area contributed by atoms with E-state index in [2.05, 4.69) is 0 Å². The molecule has 0 unspecified atom stereocenters. The van der Waals surface area contributed by atoms with Crippen molar-refractivity contribution in [3.8, 4) is 0 Å². The lowest BCUT2D eigenvalue weighted by Gasteiger charge is -2.42. The molecular formula is C15H20FNO4. The third kappa shape index (κ3) is 3.87. The van der Waals surface area contributed by atoms with E-state index in [1.807, 2.05) is 0 Å². The highest BCUT2D eigenvalue weighted by molar-refractivity contribution is 5.49. The molecule has 0 bridgehead atoms. The predicted octanol–water partition coefficient (Wildman–Crippen LogP) is -0.402. The van der Waals surface area contributed by atoms with Crippen molar-refractivity contribution in [2.75, 3.05) is 19.7 Å². The molecule has 0 aromatic heterocycles. The first-order chi connectivity index (χ1) is 10.0. The Labute approximate surface area is 122 Å². The lowest BCUT2D eigenvalue weighted by atomic mass is 9.94. The second-order valence-corrected chi connectivity index (χ2v) is 5.21. The van der Waals surface area contributed by atoms with E-state index in [1.165, 1.54) is 12.1 Å². The number of halogens is 1. The molecule has 2 rings (SSSR count). The number of benzene rings is 1. The average Bonchev–Trinajstić information content (AvgIpc) is 2.47. The summed E-state index contributed by atoms with van der Waals surface area (Å²) in [5, 5.41) is 38.5. The molecule has 0 saturated carbocycles. The number of aliphatic hydroxyl groups is 4. The molecule has 116 valence electrons. The lowest BCUT2D eigenvalue weighted by Crippen LogP contribution is -2.62. The first kappa shape index (κ1) is 16.1. The molecule has 1 saturated heterocycles. The highest BCUT2D eigenvalue weighted by Gasteiger charge is 2.40. The number of likely N-dealkylation sites (tertiary alicyclic amines) is 1. The maximum absolute atomic E-state index is 12.8. The first-order valence-corrected chi connectivity index (χ1v) is 6.84. The van der Waals surface area contributed by atoms with Crippen LogP contribution in [0.25, 0.3) is 6.08 Å². The molecule has 0 amide bonds. The number of β-amino-alcohol motifs (C(OH)–C–C–N with tert-alkyl or cyclic N) is 1. The lowest BCUT2D eigenvalue weighted by molar-refractivity contribution is -0.142. The van der Waals surface area contributed by atoms with E-state index in [9.17, 15) is 24.8 Å². The van der Waals surface area contributed by atoms with E-state index in [0.29, 0.717) is 6.54 Å². The van der Waals surface area contributed by atoms with Gasteiger partial charge in [-0.15, -0.1) is 0 Å². The van der Waals surface area contributed by atoms with Gasteiger partial charge in [0, 0.05) is 13.1 Å². The van der Waals surface area contributed by atoms with Crippen LogP contribution < -0.4 is 0 Å². The summed E-state index contributed by atoms with van der Waals surface area (Å²) in [6.07, 6.45) is 0.0875. The van der Waals surface area contributed by atoms with Crippen LogP contribution in [0.5, 0.6) is 0 Å². The zero-order chi connectivity index (χ0) is 15.4. The van der Waals surface area contributed by atoms with E-state index in [-0.39, 0.29) is 19.0 Å². The highest BCUT2D eigenvalue weighted by atomic mass is 19.1. The Morgan fingerprint density at radius 3 is 2.43 bits per heavy atom. The van der Waals surface area contributed by atoms with Gasteiger partial charge in [-0.3, -0.25) is 4.90 Å². The summed E-state index contributed by atoms with van der Waals surface area (Å²) in [6.45, 7) is 0.246. The summed E-state index contributed by atoms with van der Waals surface area (Å²) in [4.78, 5) is 1.70. The van der Waals surface area contributed by atoms with E-state index < -0.39 is 24.4 Å². The van der Waals surface area contributed by atoms with Crippen LogP contribution in [0, 0.1) is 5.82 Å². The van der Waals surface area contributed by atoms with Gasteiger partial charge in [0.15, 0.2) is 0 Å². The molecule has 5 nitrogen and oxygen atoms in total. The molecule has 6 heteroatoms. The Hall–Kier alpha value is -1.31. The van der Waals surface area contributed by atoms with Crippen molar-refractivity contribution in [2.24, 2.45) is 0 Å². The molecule has 1 aromatic rings. The number of piperidine rings is 1. The van der Waals surface area contributed by atoms with Crippen LogP contribution in [0.15, 0.2) is 30.3 Å². The third-order valence-corrected chi connectivity index (χ3v) is 3.74. The van der Waals surface area contributed by atoms with Gasteiger partial charge in [-0.2, -0.15) is 0 Å². The standard InChI is InChI=1S/C15H20FNO4/c16-11-5-3-10(4-6-11)2-1-7-17-8-13(19)15(21)14(20)12(17)9-18/h1-6,12-15,18-21H,7-9H2/b2-1+/t12-,13+,14-,15-/m1/s1. The maximum Gasteiger partial charge on any atom is 0.123 e. The normalized spacial score (nSPS) is 30.9. The molecule has 4 atom stereocenters. The minimum absolute atomic E-state index is 0.164. The van der Waals surface area contributed by atoms with Crippen LogP contribution in [0.2, 0.25) is 0 Å². The van der Waals surface area contributed by atoms with Gasteiger partial charge in [-0.05, 0) is 17.7 Å². The molecule has 21 heavy (non-hydrogen) atoms. The fourth-order valence-electron chi connectivity index (χ4n) is 2.49. The molecule has 1 heterocycles. The molecule has 0 spiro atoms. The van der Waals surface area contributed by atoms with Gasteiger partial charge >= 0.3 is 0 Å². The van der Waals surface area contributed by atoms with Crippen molar-refractivity contribution >= 4 is 6.08 Å². The van der Waals surface area contributed by atoms with Crippen LogP contribution >= 0.6 is 0 Å². The summed E-state index contributed by atoms with van der Waals surface area (Å²) < 4.78 is 12.8. The Morgan fingerprint density at radius 2 is 1.81 bits per heavy atom. The van der Waals surface area contributed by atoms with Gasteiger partial charge in [0.1, 0.15) is 18.0 Å². The fourth-order valence-corrected chi connectivity index (χ4v) is 2.49. The molecular weight excluding hydrogens is 277 g/mol. The second-order valence-electron chi connectivity index (χ2n) is 5.21. The minimum atomic E-state index is -1.25. The molecule has 0 radical (unpaired) electrons. The van der Waals surface area contributed by atoms with Crippen LogP contribution in [-0.4, -0.2) is 69.4 Å². The Bertz CT molecular complexity index is 479. The van der Waals surface area contributed by atoms with Gasteiger partial charge in [0.25, 0.3) is 0 Å². The molecule has 1 fully saturated rings. The van der Waals surface area contributed by atoms with Crippen molar-refractivity contribution < 1.29 is 24.8 Å². The zero-order valence-electron chi connectivity index (χ0n) is 11.5. The number of aliphatic hydroxyl groups excluding tert-OH is 4. The van der Waals surface area contributed by atoms with Gasteiger partial charge < -0.3 is 20.4 Å². The average molecular weight is 297 g/mol. The number of rotatable bonds is 4. The SMILES string of the molecule is OC[C@@H]1[C@@H](O)[C@H](O)[C@@H](O)CN1C/C=C/c1ccc(F)cc1. The maximum atomic E-state index is 12.8. The van der Waals surface area contributed by atoms with E-state index in [0.717, 1.165) is 5.56 Å². The van der Waals surface area contributed by atoms with Gasteiger partial charge in [-0.1, -0.05) is 24.3 Å². The Balaban J connectivity index is 1.99. The summed E-state index contributed by atoms with van der Waals surface area (Å²) in [5.74, 6) is -0.302. The van der Waals surface area contributed by atoms with Gasteiger partial charge in [-0.25, -0.2) is 4.39 Å². The molecule has 1 aliphatic heterocycles. The zero-order valence-corrected chi connectivity index (χ0v) is 11.5. The Kier molecular flexibility index (Phi) is 5.44. The van der Waals surface area contributed by atoms with Crippen molar-refractivity contribution in [1.29, 1.82) is 0 Å². The highest BCUT2D eigenvalue weighted by Crippen LogP contribution is 2.19. The van der Waals surface area contributed by atoms with Gasteiger partial charge in [0.05, 0.1) is 18.8 Å². The van der Waals surface area contributed by atoms with Crippen LogP contribution in [0.3, 0.4) is 0 Å². The smallest absolute Gasteiger partial charge is 0.123 e. The quantitative estimate of drug-likeness (QED) is 0.608. The second kappa shape index (κ2) is 7.11. The fraction of sp³-hybridized carbons (Fsp3) is 0.467. The molecule has 1 aromatic carbocycles. The van der Waals surface area contributed by atoms with E-state index in [4.69, 9.17) is 0 Å².